The first-order chi connectivity index (χ1) is 12.8. The third-order valence-electron chi connectivity index (χ3n) is 5.83. The van der Waals surface area contributed by atoms with Crippen molar-refractivity contribution in [3.05, 3.63) is 69.9 Å². The molecular weight excluding hydrogens is 336 g/mol. The van der Waals surface area contributed by atoms with Gasteiger partial charge in [-0.25, -0.2) is 0 Å². The molecule has 138 valence electrons. The molecule has 4 nitrogen and oxygen atoms in total. The maximum atomic E-state index is 11.3. The van der Waals surface area contributed by atoms with Crippen molar-refractivity contribution < 1.29 is 4.92 Å². The van der Waals surface area contributed by atoms with Crippen molar-refractivity contribution in [2.24, 2.45) is 11.3 Å². The number of hydrogen-bond acceptors (Lipinski definition) is 3. The number of aromatic nitrogens is 1. The van der Waals surface area contributed by atoms with E-state index < -0.39 is 0 Å². The number of nitrogens with zero attached hydrogens (tertiary/aromatic N) is 2. The molecule has 0 spiro atoms. The summed E-state index contributed by atoms with van der Waals surface area (Å²) < 4.78 is 0. The van der Waals surface area contributed by atoms with Gasteiger partial charge < -0.3 is 0 Å². The van der Waals surface area contributed by atoms with Gasteiger partial charge in [0.15, 0.2) is 0 Å². The first-order valence-electron chi connectivity index (χ1n) is 9.50. The molecule has 0 saturated carbocycles. The van der Waals surface area contributed by atoms with Gasteiger partial charge >= 0.3 is 0 Å². The smallest absolute Gasteiger partial charge is 0.258 e. The quantitative estimate of drug-likeness (QED) is 0.418. The third-order valence-corrected chi connectivity index (χ3v) is 5.83. The second-order valence-corrected chi connectivity index (χ2v) is 8.54. The van der Waals surface area contributed by atoms with Crippen molar-refractivity contribution in [1.82, 2.24) is 4.98 Å². The van der Waals surface area contributed by atoms with Crippen LogP contribution >= 0.6 is 0 Å². The molecule has 1 heterocycles. The molecule has 0 bridgehead atoms. The summed E-state index contributed by atoms with van der Waals surface area (Å²) in [5.41, 5.74) is 5.82. The van der Waals surface area contributed by atoms with Gasteiger partial charge in [0.05, 0.1) is 10.4 Å². The highest BCUT2D eigenvalue weighted by molar-refractivity contribution is 5.98. The summed E-state index contributed by atoms with van der Waals surface area (Å²) in [6, 6.07) is 15.3. The number of benzene rings is 2. The van der Waals surface area contributed by atoms with E-state index in [2.05, 4.69) is 32.9 Å². The molecule has 4 heteroatoms. The number of rotatable bonds is 2. The van der Waals surface area contributed by atoms with E-state index in [0.29, 0.717) is 5.92 Å². The van der Waals surface area contributed by atoms with E-state index >= 15 is 0 Å². The summed E-state index contributed by atoms with van der Waals surface area (Å²) in [5.74, 6) is 0.574. The Morgan fingerprint density at radius 2 is 1.85 bits per heavy atom. The van der Waals surface area contributed by atoms with Gasteiger partial charge in [0, 0.05) is 23.2 Å². The molecular formula is C23H24N2O2. The van der Waals surface area contributed by atoms with Crippen LogP contribution in [0.3, 0.4) is 0 Å². The number of pyridine rings is 1. The molecule has 1 atom stereocenters. The SMILES string of the molecule is CC(C)(C)[C@@H]1CCc2nc3ccc([N+](=O)[O-])cc3c(-c3ccccc3)c2C1. The molecule has 0 saturated heterocycles. The van der Waals surface area contributed by atoms with Crippen molar-refractivity contribution in [2.45, 2.75) is 40.0 Å². The normalized spacial score (nSPS) is 16.9. The summed E-state index contributed by atoms with van der Waals surface area (Å²) in [5, 5.41) is 12.2. The van der Waals surface area contributed by atoms with Crippen LogP contribution in [0.15, 0.2) is 48.5 Å². The van der Waals surface area contributed by atoms with Gasteiger partial charge in [-0.1, -0.05) is 51.1 Å². The minimum Gasteiger partial charge on any atom is -0.258 e. The van der Waals surface area contributed by atoms with Crippen LogP contribution in [0, 0.1) is 21.4 Å². The third kappa shape index (κ3) is 3.20. The lowest BCUT2D eigenvalue weighted by atomic mass is 9.70. The van der Waals surface area contributed by atoms with E-state index in [-0.39, 0.29) is 16.0 Å². The molecule has 0 aliphatic heterocycles. The van der Waals surface area contributed by atoms with E-state index in [0.717, 1.165) is 47.0 Å². The minimum atomic E-state index is -0.328. The molecule has 0 amide bonds. The van der Waals surface area contributed by atoms with Crippen LogP contribution in [-0.2, 0) is 12.8 Å². The van der Waals surface area contributed by atoms with Gasteiger partial charge in [-0.3, -0.25) is 15.1 Å². The van der Waals surface area contributed by atoms with Crippen molar-refractivity contribution in [2.75, 3.05) is 0 Å². The Kier molecular flexibility index (Phi) is 4.22. The molecule has 1 aliphatic rings. The minimum absolute atomic E-state index is 0.115. The van der Waals surface area contributed by atoms with Crippen molar-refractivity contribution in [1.29, 1.82) is 0 Å². The fourth-order valence-corrected chi connectivity index (χ4v) is 4.21. The maximum absolute atomic E-state index is 11.3. The Morgan fingerprint density at radius 1 is 1.11 bits per heavy atom. The highest BCUT2D eigenvalue weighted by atomic mass is 16.6. The van der Waals surface area contributed by atoms with E-state index in [4.69, 9.17) is 4.98 Å². The maximum Gasteiger partial charge on any atom is 0.270 e. The Labute approximate surface area is 159 Å². The van der Waals surface area contributed by atoms with Crippen LogP contribution < -0.4 is 0 Å². The first kappa shape index (κ1) is 17.7. The summed E-state index contributed by atoms with van der Waals surface area (Å²) >= 11 is 0. The topological polar surface area (TPSA) is 56.0 Å². The molecule has 3 aromatic rings. The monoisotopic (exact) mass is 360 g/mol. The van der Waals surface area contributed by atoms with Crippen LogP contribution in [0.25, 0.3) is 22.0 Å². The Balaban J connectivity index is 2.01. The Hall–Kier alpha value is -2.75. The molecule has 27 heavy (non-hydrogen) atoms. The number of non-ortho nitro benzene ring substituents is 1. The van der Waals surface area contributed by atoms with Gasteiger partial charge in [-0.15, -0.1) is 0 Å². The molecule has 4 rings (SSSR count). The van der Waals surface area contributed by atoms with Gasteiger partial charge in [-0.05, 0) is 53.4 Å². The number of fused-ring (bicyclic) bond motifs is 2. The fourth-order valence-electron chi connectivity index (χ4n) is 4.21. The highest BCUT2D eigenvalue weighted by Gasteiger charge is 2.31. The highest BCUT2D eigenvalue weighted by Crippen LogP contribution is 2.43. The van der Waals surface area contributed by atoms with Gasteiger partial charge in [0.25, 0.3) is 5.69 Å². The molecule has 0 unspecified atom stereocenters. The second kappa shape index (κ2) is 6.45. The van der Waals surface area contributed by atoms with Crippen molar-refractivity contribution in [3.63, 3.8) is 0 Å². The zero-order chi connectivity index (χ0) is 19.2. The van der Waals surface area contributed by atoms with E-state index in [1.807, 2.05) is 18.2 Å². The van der Waals surface area contributed by atoms with Crippen molar-refractivity contribution >= 4 is 16.6 Å². The predicted molar refractivity (Wildman–Crippen MR) is 109 cm³/mol. The van der Waals surface area contributed by atoms with Crippen LogP contribution in [0.5, 0.6) is 0 Å². The Bertz CT molecular complexity index is 1020. The fraction of sp³-hybridized carbons (Fsp3) is 0.348. The van der Waals surface area contributed by atoms with Crippen LogP contribution in [0.1, 0.15) is 38.4 Å². The van der Waals surface area contributed by atoms with Crippen LogP contribution in [0.2, 0.25) is 0 Å². The molecule has 1 aromatic heterocycles. The zero-order valence-electron chi connectivity index (χ0n) is 16.0. The molecule has 1 aliphatic carbocycles. The summed E-state index contributed by atoms with van der Waals surface area (Å²) in [7, 11) is 0. The number of hydrogen-bond donors (Lipinski definition) is 0. The van der Waals surface area contributed by atoms with Gasteiger partial charge in [-0.2, -0.15) is 0 Å². The zero-order valence-corrected chi connectivity index (χ0v) is 16.0. The molecule has 0 fully saturated rings. The van der Waals surface area contributed by atoms with Crippen molar-refractivity contribution in [3.8, 4) is 11.1 Å². The average molecular weight is 360 g/mol. The molecule has 2 aromatic carbocycles. The number of aryl methyl sites for hydroxylation is 1. The first-order valence-corrected chi connectivity index (χ1v) is 9.50. The molecule has 0 N–H and O–H groups in total. The lowest BCUT2D eigenvalue weighted by Crippen LogP contribution is -2.28. The summed E-state index contributed by atoms with van der Waals surface area (Å²) in [6.07, 6.45) is 3.06. The second-order valence-electron chi connectivity index (χ2n) is 8.54. The summed E-state index contributed by atoms with van der Waals surface area (Å²) in [4.78, 5) is 15.9. The predicted octanol–water partition coefficient (Wildman–Crippen LogP) is 5.96. The standard InChI is InChI=1S/C23H24N2O2/c1-23(2,3)16-9-11-20-18(13-16)22(15-7-5-4-6-8-15)19-14-17(25(26)27)10-12-21(19)24-20/h4-8,10,12,14,16H,9,11,13H2,1-3H3/t16-/m1/s1. The lowest BCUT2D eigenvalue weighted by molar-refractivity contribution is -0.384. The van der Waals surface area contributed by atoms with E-state index in [9.17, 15) is 10.1 Å². The van der Waals surface area contributed by atoms with Crippen LogP contribution in [-0.4, -0.2) is 9.91 Å². The lowest BCUT2D eigenvalue weighted by Gasteiger charge is -2.35. The van der Waals surface area contributed by atoms with E-state index in [1.54, 1.807) is 18.2 Å². The summed E-state index contributed by atoms with van der Waals surface area (Å²) in [6.45, 7) is 6.89. The van der Waals surface area contributed by atoms with Crippen LogP contribution in [0.4, 0.5) is 5.69 Å². The van der Waals surface area contributed by atoms with Gasteiger partial charge in [0.2, 0.25) is 0 Å². The average Bonchev–Trinajstić information content (AvgIpc) is 2.65. The number of nitro benzene ring substituents is 1. The number of nitro groups is 1. The van der Waals surface area contributed by atoms with Gasteiger partial charge in [0.1, 0.15) is 0 Å². The molecule has 0 radical (unpaired) electrons. The largest absolute Gasteiger partial charge is 0.270 e. The van der Waals surface area contributed by atoms with E-state index in [1.165, 1.54) is 5.56 Å². The Morgan fingerprint density at radius 3 is 2.52 bits per heavy atom.